The van der Waals surface area contributed by atoms with Gasteiger partial charge in [0.25, 0.3) is 0 Å². The lowest BCUT2D eigenvalue weighted by atomic mass is 10.2. The summed E-state index contributed by atoms with van der Waals surface area (Å²) in [5, 5.41) is 4.53. The van der Waals surface area contributed by atoms with E-state index in [4.69, 9.17) is 0 Å². The minimum atomic E-state index is 0.662. The van der Waals surface area contributed by atoms with E-state index in [0.29, 0.717) is 5.92 Å². The van der Waals surface area contributed by atoms with E-state index in [-0.39, 0.29) is 0 Å². The van der Waals surface area contributed by atoms with Gasteiger partial charge in [-0.25, -0.2) is 9.97 Å². The maximum absolute atomic E-state index is 4.66. The van der Waals surface area contributed by atoms with Gasteiger partial charge < -0.3 is 9.88 Å². The Hall–Kier alpha value is -1.72. The molecule has 110 valence electrons. The number of aromatic nitrogens is 3. The number of benzene rings is 1. The van der Waals surface area contributed by atoms with Crippen molar-refractivity contribution >= 4 is 21.6 Å². The molecule has 5 heteroatoms. The third-order valence-corrected chi connectivity index (χ3v) is 4.22. The lowest BCUT2D eigenvalue weighted by molar-refractivity contribution is 0.548. The Labute approximate surface area is 128 Å². The molecular formula is C16H20N4S. The average molecular weight is 300 g/mol. The van der Waals surface area contributed by atoms with E-state index in [0.717, 1.165) is 35.9 Å². The second-order valence-electron chi connectivity index (χ2n) is 5.64. The maximum Gasteiger partial charge on any atom is 0.114 e. The third kappa shape index (κ3) is 3.68. The van der Waals surface area contributed by atoms with E-state index in [9.17, 15) is 0 Å². The summed E-state index contributed by atoms with van der Waals surface area (Å²) < 4.78 is 3.34. The SMILES string of the molecule is CC(C)CNCc1cn(Cc2nc3ccccc3s2)cn1. The highest BCUT2D eigenvalue weighted by Crippen LogP contribution is 2.22. The Kier molecular flexibility index (Phi) is 4.31. The third-order valence-electron chi connectivity index (χ3n) is 3.20. The number of hydrogen-bond donors (Lipinski definition) is 1. The van der Waals surface area contributed by atoms with Crippen LogP contribution in [0.15, 0.2) is 36.8 Å². The summed E-state index contributed by atoms with van der Waals surface area (Å²) in [6.07, 6.45) is 3.98. The van der Waals surface area contributed by atoms with Gasteiger partial charge in [0.05, 0.1) is 28.8 Å². The molecule has 0 aliphatic rings. The van der Waals surface area contributed by atoms with E-state index >= 15 is 0 Å². The van der Waals surface area contributed by atoms with Gasteiger partial charge >= 0.3 is 0 Å². The predicted molar refractivity (Wildman–Crippen MR) is 87.5 cm³/mol. The van der Waals surface area contributed by atoms with Crippen LogP contribution in [0.3, 0.4) is 0 Å². The Morgan fingerprint density at radius 1 is 1.29 bits per heavy atom. The normalized spacial score (nSPS) is 11.6. The van der Waals surface area contributed by atoms with Crippen LogP contribution in [0.5, 0.6) is 0 Å². The number of fused-ring (bicyclic) bond motifs is 1. The monoisotopic (exact) mass is 300 g/mol. The van der Waals surface area contributed by atoms with Crippen molar-refractivity contribution in [1.29, 1.82) is 0 Å². The molecule has 0 amide bonds. The van der Waals surface area contributed by atoms with Crippen LogP contribution >= 0.6 is 11.3 Å². The molecule has 4 nitrogen and oxygen atoms in total. The number of thiazole rings is 1. The van der Waals surface area contributed by atoms with Crippen LogP contribution in [0.25, 0.3) is 10.2 Å². The number of nitrogens with zero attached hydrogens (tertiary/aromatic N) is 3. The Morgan fingerprint density at radius 2 is 2.14 bits per heavy atom. The molecule has 1 N–H and O–H groups in total. The minimum absolute atomic E-state index is 0.662. The number of para-hydroxylation sites is 1. The second-order valence-corrected chi connectivity index (χ2v) is 6.75. The van der Waals surface area contributed by atoms with Crippen molar-refractivity contribution in [3.63, 3.8) is 0 Å². The first-order chi connectivity index (χ1) is 10.2. The molecule has 1 aromatic carbocycles. The van der Waals surface area contributed by atoms with Crippen LogP contribution in [-0.4, -0.2) is 21.1 Å². The van der Waals surface area contributed by atoms with Gasteiger partial charge in [-0.3, -0.25) is 0 Å². The number of nitrogens with one attached hydrogen (secondary N) is 1. The van der Waals surface area contributed by atoms with E-state index in [2.05, 4.69) is 58.1 Å². The summed E-state index contributed by atoms with van der Waals surface area (Å²) in [6, 6.07) is 8.26. The van der Waals surface area contributed by atoms with Gasteiger partial charge in [0.1, 0.15) is 5.01 Å². The zero-order valence-corrected chi connectivity index (χ0v) is 13.2. The summed E-state index contributed by atoms with van der Waals surface area (Å²) in [4.78, 5) is 9.10. The fourth-order valence-electron chi connectivity index (χ4n) is 2.22. The van der Waals surface area contributed by atoms with Crippen molar-refractivity contribution < 1.29 is 0 Å². The number of hydrogen-bond acceptors (Lipinski definition) is 4. The molecule has 2 aromatic heterocycles. The molecule has 0 saturated heterocycles. The molecule has 0 atom stereocenters. The van der Waals surface area contributed by atoms with Crippen molar-refractivity contribution in [1.82, 2.24) is 19.9 Å². The van der Waals surface area contributed by atoms with Gasteiger partial charge in [-0.2, -0.15) is 0 Å². The lowest BCUT2D eigenvalue weighted by Crippen LogP contribution is -2.19. The first-order valence-electron chi connectivity index (χ1n) is 7.26. The van der Waals surface area contributed by atoms with Gasteiger partial charge in [-0.05, 0) is 24.6 Å². The highest BCUT2D eigenvalue weighted by molar-refractivity contribution is 7.18. The molecular weight excluding hydrogens is 280 g/mol. The van der Waals surface area contributed by atoms with Crippen LogP contribution in [0.2, 0.25) is 0 Å². The average Bonchev–Trinajstić information content (AvgIpc) is 3.04. The van der Waals surface area contributed by atoms with Gasteiger partial charge in [0, 0.05) is 12.7 Å². The van der Waals surface area contributed by atoms with Crippen molar-refractivity contribution in [2.45, 2.75) is 26.9 Å². The molecule has 0 spiro atoms. The molecule has 21 heavy (non-hydrogen) atoms. The standard InChI is InChI=1S/C16H20N4S/c1-12(2)7-17-8-13-9-20(11-18-13)10-16-19-14-5-3-4-6-15(14)21-16/h3-6,9,11-12,17H,7-8,10H2,1-2H3. The summed E-state index contributed by atoms with van der Waals surface area (Å²) in [5.74, 6) is 0.662. The smallest absolute Gasteiger partial charge is 0.114 e. The predicted octanol–water partition coefficient (Wildman–Crippen LogP) is 3.29. The van der Waals surface area contributed by atoms with Gasteiger partial charge in [0.2, 0.25) is 0 Å². The minimum Gasteiger partial charge on any atom is -0.330 e. The maximum atomic E-state index is 4.66. The quantitative estimate of drug-likeness (QED) is 0.759. The molecule has 0 radical (unpaired) electrons. The van der Waals surface area contributed by atoms with Crippen molar-refractivity contribution in [3.05, 3.63) is 47.5 Å². The molecule has 0 saturated carbocycles. The Morgan fingerprint density at radius 3 is 2.95 bits per heavy atom. The van der Waals surface area contributed by atoms with Crippen molar-refractivity contribution in [2.75, 3.05) is 6.54 Å². The van der Waals surface area contributed by atoms with E-state index < -0.39 is 0 Å². The highest BCUT2D eigenvalue weighted by Gasteiger charge is 2.05. The zero-order chi connectivity index (χ0) is 14.7. The highest BCUT2D eigenvalue weighted by atomic mass is 32.1. The van der Waals surface area contributed by atoms with Crippen molar-refractivity contribution in [3.8, 4) is 0 Å². The molecule has 0 unspecified atom stereocenters. The summed E-state index contributed by atoms with van der Waals surface area (Å²) >= 11 is 1.75. The van der Waals surface area contributed by atoms with Crippen LogP contribution < -0.4 is 5.32 Å². The van der Waals surface area contributed by atoms with Gasteiger partial charge in [-0.1, -0.05) is 26.0 Å². The van der Waals surface area contributed by atoms with Gasteiger partial charge in [-0.15, -0.1) is 11.3 Å². The Bertz CT molecular complexity index is 681. The number of rotatable bonds is 6. The molecule has 3 rings (SSSR count). The number of imidazole rings is 1. The lowest BCUT2D eigenvalue weighted by Gasteiger charge is -2.04. The Balaban J connectivity index is 1.63. The fourth-order valence-corrected chi connectivity index (χ4v) is 3.19. The first-order valence-corrected chi connectivity index (χ1v) is 8.08. The van der Waals surface area contributed by atoms with Crippen molar-refractivity contribution in [2.24, 2.45) is 5.92 Å². The summed E-state index contributed by atoms with van der Waals surface area (Å²) in [7, 11) is 0. The molecule has 0 fully saturated rings. The topological polar surface area (TPSA) is 42.7 Å². The first kappa shape index (κ1) is 14.2. The zero-order valence-electron chi connectivity index (χ0n) is 12.4. The summed E-state index contributed by atoms with van der Waals surface area (Å²) in [5.41, 5.74) is 2.16. The van der Waals surface area contributed by atoms with E-state index in [1.807, 2.05) is 12.4 Å². The fraction of sp³-hybridized carbons (Fsp3) is 0.375. The molecule has 2 heterocycles. The van der Waals surface area contributed by atoms with Gasteiger partial charge in [0.15, 0.2) is 0 Å². The van der Waals surface area contributed by atoms with Crippen LogP contribution in [0.4, 0.5) is 0 Å². The van der Waals surface area contributed by atoms with Crippen LogP contribution in [0, 0.1) is 5.92 Å². The molecule has 0 bridgehead atoms. The van der Waals surface area contributed by atoms with Crippen LogP contribution in [0.1, 0.15) is 24.5 Å². The molecule has 0 aliphatic heterocycles. The van der Waals surface area contributed by atoms with Crippen LogP contribution in [-0.2, 0) is 13.1 Å². The largest absolute Gasteiger partial charge is 0.330 e. The summed E-state index contributed by atoms with van der Waals surface area (Å²) in [6.45, 7) is 7.05. The molecule has 3 aromatic rings. The van der Waals surface area contributed by atoms with E-state index in [1.165, 1.54) is 4.70 Å². The second kappa shape index (κ2) is 6.37. The molecule has 0 aliphatic carbocycles. The van der Waals surface area contributed by atoms with E-state index in [1.54, 1.807) is 11.3 Å².